The minimum Gasteiger partial charge on any atom is -0.480 e. The molecule has 1 fully saturated rings. The van der Waals surface area contributed by atoms with Crippen molar-refractivity contribution in [2.24, 2.45) is 5.92 Å². The highest BCUT2D eigenvalue weighted by atomic mass is 16.5. The van der Waals surface area contributed by atoms with E-state index in [1.54, 1.807) is 0 Å². The molecule has 8 heteroatoms. The summed E-state index contributed by atoms with van der Waals surface area (Å²) in [7, 11) is 0. The van der Waals surface area contributed by atoms with Gasteiger partial charge in [0.15, 0.2) is 0 Å². The number of carbonyl (C=O) groups is 3. The highest BCUT2D eigenvalue weighted by Crippen LogP contribution is 2.44. The zero-order valence-corrected chi connectivity index (χ0v) is 17.5. The van der Waals surface area contributed by atoms with Gasteiger partial charge < -0.3 is 25.6 Å². The van der Waals surface area contributed by atoms with Gasteiger partial charge in [0.1, 0.15) is 18.7 Å². The number of rotatable bonds is 8. The summed E-state index contributed by atoms with van der Waals surface area (Å²) in [5, 5.41) is 23.1. The number of hydrogen-bond acceptors (Lipinski definition) is 5. The van der Waals surface area contributed by atoms with Crippen LogP contribution in [0.5, 0.6) is 0 Å². The second-order valence-corrected chi connectivity index (χ2v) is 8.22. The number of hydrogen-bond donors (Lipinski definition) is 4. The Hall–Kier alpha value is -3.39. The molecule has 0 saturated heterocycles. The molecule has 2 aliphatic carbocycles. The van der Waals surface area contributed by atoms with E-state index >= 15 is 0 Å². The smallest absolute Gasteiger partial charge is 0.407 e. The van der Waals surface area contributed by atoms with Crippen LogP contribution in [0.25, 0.3) is 11.1 Å². The summed E-state index contributed by atoms with van der Waals surface area (Å²) in [6.07, 6.45) is 1.70. The Labute approximate surface area is 185 Å². The first-order valence-corrected chi connectivity index (χ1v) is 10.7. The average Bonchev–Trinajstić information content (AvgIpc) is 3.07. The molecule has 2 aliphatic rings. The molecule has 168 valence electrons. The Morgan fingerprint density at radius 2 is 1.56 bits per heavy atom. The number of fused-ring (bicyclic) bond motifs is 3. The van der Waals surface area contributed by atoms with E-state index in [1.165, 1.54) is 0 Å². The van der Waals surface area contributed by atoms with Crippen molar-refractivity contribution in [2.75, 3.05) is 13.2 Å². The van der Waals surface area contributed by atoms with Crippen LogP contribution in [0.1, 0.15) is 36.3 Å². The second kappa shape index (κ2) is 9.40. The van der Waals surface area contributed by atoms with Crippen molar-refractivity contribution in [3.63, 3.8) is 0 Å². The first-order valence-electron chi connectivity index (χ1n) is 10.7. The molecule has 2 atom stereocenters. The zero-order chi connectivity index (χ0) is 22.7. The minimum absolute atomic E-state index is 0.0939. The molecule has 2 amide bonds. The standard InChI is InChI=1S/C24H26N2O6/c27-12-20(23(29)30)25-22(28)21(14-6-5-7-14)26-24(31)32-13-19-17-10-3-1-8-15(17)16-9-2-4-11-18(16)19/h1-4,8-11,14,19-21,27H,5-7,12-13H2,(H,25,28)(H,26,31)(H,29,30). The SMILES string of the molecule is O=C(NC(C(=O)NC(CO)C(=O)O)C1CCC1)OCC1c2ccccc2-c2ccccc21. The number of amides is 2. The number of aliphatic hydroxyl groups excluding tert-OH is 1. The van der Waals surface area contributed by atoms with Gasteiger partial charge in [0, 0.05) is 5.92 Å². The summed E-state index contributed by atoms with van der Waals surface area (Å²) in [4.78, 5) is 36.3. The highest BCUT2D eigenvalue weighted by molar-refractivity contribution is 5.89. The number of ether oxygens (including phenoxy) is 1. The Morgan fingerprint density at radius 1 is 0.969 bits per heavy atom. The molecule has 32 heavy (non-hydrogen) atoms. The third kappa shape index (κ3) is 4.31. The van der Waals surface area contributed by atoms with Crippen molar-refractivity contribution in [2.45, 2.75) is 37.3 Å². The number of aliphatic hydroxyl groups is 1. The van der Waals surface area contributed by atoms with Crippen LogP contribution >= 0.6 is 0 Å². The Morgan fingerprint density at radius 3 is 2.06 bits per heavy atom. The average molecular weight is 438 g/mol. The van der Waals surface area contributed by atoms with Crippen molar-refractivity contribution in [3.8, 4) is 11.1 Å². The molecule has 4 N–H and O–H groups in total. The molecule has 0 spiro atoms. The summed E-state index contributed by atoms with van der Waals surface area (Å²) in [6, 6.07) is 13.7. The van der Waals surface area contributed by atoms with Gasteiger partial charge in [0.05, 0.1) is 6.61 Å². The van der Waals surface area contributed by atoms with Crippen LogP contribution in [-0.2, 0) is 14.3 Å². The van der Waals surface area contributed by atoms with E-state index in [4.69, 9.17) is 9.84 Å². The van der Waals surface area contributed by atoms with Crippen molar-refractivity contribution in [1.82, 2.24) is 10.6 Å². The fourth-order valence-corrected chi connectivity index (χ4v) is 4.38. The molecular formula is C24H26N2O6. The van der Waals surface area contributed by atoms with Gasteiger partial charge in [-0.1, -0.05) is 55.0 Å². The van der Waals surface area contributed by atoms with Crippen LogP contribution in [0.3, 0.4) is 0 Å². The van der Waals surface area contributed by atoms with Gasteiger partial charge in [-0.25, -0.2) is 9.59 Å². The van der Waals surface area contributed by atoms with Gasteiger partial charge in [-0.05, 0) is 41.0 Å². The molecule has 0 radical (unpaired) electrons. The van der Waals surface area contributed by atoms with Crippen molar-refractivity contribution in [1.29, 1.82) is 0 Å². The topological polar surface area (TPSA) is 125 Å². The molecule has 2 unspecified atom stereocenters. The second-order valence-electron chi connectivity index (χ2n) is 8.22. The Balaban J connectivity index is 1.42. The van der Waals surface area contributed by atoms with Crippen molar-refractivity contribution in [3.05, 3.63) is 59.7 Å². The fourth-order valence-electron chi connectivity index (χ4n) is 4.38. The number of nitrogens with one attached hydrogen (secondary N) is 2. The van der Waals surface area contributed by atoms with Gasteiger partial charge in [0.2, 0.25) is 5.91 Å². The van der Waals surface area contributed by atoms with Gasteiger partial charge in [0.25, 0.3) is 0 Å². The van der Waals surface area contributed by atoms with E-state index in [9.17, 15) is 19.5 Å². The number of benzene rings is 2. The molecule has 2 aromatic rings. The maximum absolute atomic E-state index is 12.6. The lowest BCUT2D eigenvalue weighted by molar-refractivity contribution is -0.143. The zero-order valence-electron chi connectivity index (χ0n) is 17.5. The van der Waals surface area contributed by atoms with Crippen LogP contribution in [-0.4, -0.2) is 53.5 Å². The van der Waals surface area contributed by atoms with Crippen molar-refractivity contribution >= 4 is 18.0 Å². The molecule has 8 nitrogen and oxygen atoms in total. The van der Waals surface area contributed by atoms with E-state index in [1.807, 2.05) is 48.5 Å². The number of alkyl carbamates (subject to hydrolysis) is 1. The van der Waals surface area contributed by atoms with Gasteiger partial charge in [-0.3, -0.25) is 4.79 Å². The summed E-state index contributed by atoms with van der Waals surface area (Å²) < 4.78 is 5.52. The summed E-state index contributed by atoms with van der Waals surface area (Å²) in [5.41, 5.74) is 4.41. The number of carboxylic acids is 1. The molecule has 0 aromatic heterocycles. The lowest BCUT2D eigenvalue weighted by Gasteiger charge is -2.33. The third-order valence-electron chi connectivity index (χ3n) is 6.32. The van der Waals surface area contributed by atoms with Crippen LogP contribution in [0.2, 0.25) is 0 Å². The van der Waals surface area contributed by atoms with E-state index in [0.717, 1.165) is 41.5 Å². The quantitative estimate of drug-likeness (QED) is 0.501. The van der Waals surface area contributed by atoms with Gasteiger partial charge >= 0.3 is 12.1 Å². The number of aliphatic carboxylic acids is 1. The van der Waals surface area contributed by atoms with Crippen LogP contribution in [0.15, 0.2) is 48.5 Å². The van der Waals surface area contributed by atoms with Crippen LogP contribution in [0, 0.1) is 5.92 Å². The predicted molar refractivity (Wildman–Crippen MR) is 116 cm³/mol. The monoisotopic (exact) mass is 438 g/mol. The summed E-state index contributed by atoms with van der Waals surface area (Å²) in [5.74, 6) is -2.17. The Bertz CT molecular complexity index is 974. The molecule has 0 bridgehead atoms. The number of carbonyl (C=O) groups excluding carboxylic acids is 2. The van der Waals surface area contributed by atoms with Gasteiger partial charge in [-0.15, -0.1) is 0 Å². The minimum atomic E-state index is -1.42. The van der Waals surface area contributed by atoms with E-state index in [2.05, 4.69) is 10.6 Å². The highest BCUT2D eigenvalue weighted by Gasteiger charge is 2.36. The largest absolute Gasteiger partial charge is 0.480 e. The normalized spacial score (nSPS) is 16.8. The number of carboxylic acid groups (broad SMARTS) is 1. The predicted octanol–water partition coefficient (Wildman–Crippen LogP) is 2.26. The van der Waals surface area contributed by atoms with Crippen LogP contribution in [0.4, 0.5) is 4.79 Å². The first kappa shape index (κ1) is 21.8. The molecular weight excluding hydrogens is 412 g/mol. The van der Waals surface area contributed by atoms with E-state index in [0.29, 0.717) is 0 Å². The van der Waals surface area contributed by atoms with Crippen molar-refractivity contribution < 1.29 is 29.3 Å². The fraction of sp³-hybridized carbons (Fsp3) is 0.375. The van der Waals surface area contributed by atoms with Crippen LogP contribution < -0.4 is 10.6 Å². The lowest BCUT2D eigenvalue weighted by Crippen LogP contribution is -2.56. The molecule has 1 saturated carbocycles. The van der Waals surface area contributed by atoms with Gasteiger partial charge in [-0.2, -0.15) is 0 Å². The van der Waals surface area contributed by atoms with E-state index < -0.39 is 36.7 Å². The third-order valence-corrected chi connectivity index (χ3v) is 6.32. The molecule has 0 heterocycles. The van der Waals surface area contributed by atoms with E-state index in [-0.39, 0.29) is 18.4 Å². The molecule has 0 aliphatic heterocycles. The summed E-state index contributed by atoms with van der Waals surface area (Å²) >= 11 is 0. The summed E-state index contributed by atoms with van der Waals surface area (Å²) in [6.45, 7) is -0.614. The lowest BCUT2D eigenvalue weighted by atomic mass is 9.79. The Kier molecular flexibility index (Phi) is 6.41. The molecule has 4 rings (SSSR count). The maximum atomic E-state index is 12.6. The molecule has 2 aromatic carbocycles. The maximum Gasteiger partial charge on any atom is 0.407 e. The first-order chi connectivity index (χ1) is 15.5.